The van der Waals surface area contributed by atoms with E-state index in [9.17, 15) is 9.90 Å². The minimum absolute atomic E-state index is 0.0230. The Bertz CT molecular complexity index is 865. The van der Waals surface area contributed by atoms with Crippen molar-refractivity contribution < 1.29 is 9.90 Å². The second kappa shape index (κ2) is 6.06. The number of fused-ring (bicyclic) bond motifs is 1. The van der Waals surface area contributed by atoms with Crippen LogP contribution in [0.3, 0.4) is 0 Å². The molecular weight excluding hydrogens is 338 g/mol. The Morgan fingerprint density at radius 3 is 2.48 bits per heavy atom. The fourth-order valence-corrected chi connectivity index (χ4v) is 6.80. The van der Waals surface area contributed by atoms with Crippen molar-refractivity contribution in [1.29, 1.82) is 0 Å². The molecule has 5 nitrogen and oxygen atoms in total. The van der Waals surface area contributed by atoms with Crippen molar-refractivity contribution in [2.75, 3.05) is 6.61 Å². The number of carbonyl (C=O) groups is 1. The predicted molar refractivity (Wildman–Crippen MR) is 104 cm³/mol. The van der Waals surface area contributed by atoms with Crippen LogP contribution in [0.15, 0.2) is 18.3 Å². The zero-order valence-electron chi connectivity index (χ0n) is 16.2. The highest BCUT2D eigenvalue weighted by Gasteiger charge is 2.54. The van der Waals surface area contributed by atoms with Crippen LogP contribution in [0.4, 0.5) is 0 Å². The highest BCUT2D eigenvalue weighted by atomic mass is 16.3. The molecule has 0 radical (unpaired) electrons. The Morgan fingerprint density at radius 1 is 1.26 bits per heavy atom. The van der Waals surface area contributed by atoms with E-state index in [0.717, 1.165) is 29.1 Å². The fourth-order valence-electron chi connectivity index (χ4n) is 6.80. The van der Waals surface area contributed by atoms with Crippen molar-refractivity contribution in [3.05, 3.63) is 35.3 Å². The lowest BCUT2D eigenvalue weighted by Gasteiger charge is -2.59. The summed E-state index contributed by atoms with van der Waals surface area (Å²) in [5.41, 5.74) is 3.37. The van der Waals surface area contributed by atoms with Crippen LogP contribution in [0.25, 0.3) is 5.65 Å². The number of aryl methyl sites for hydroxylation is 2. The molecule has 1 unspecified atom stereocenters. The van der Waals surface area contributed by atoms with E-state index in [0.29, 0.717) is 11.2 Å². The molecule has 1 atom stereocenters. The number of amides is 1. The zero-order valence-corrected chi connectivity index (χ0v) is 16.2. The Morgan fingerprint density at radius 2 is 1.89 bits per heavy atom. The van der Waals surface area contributed by atoms with Crippen molar-refractivity contribution >= 4 is 11.6 Å². The molecule has 0 aromatic carbocycles. The molecule has 4 saturated carbocycles. The summed E-state index contributed by atoms with van der Waals surface area (Å²) < 4.78 is 1.96. The van der Waals surface area contributed by atoms with Gasteiger partial charge < -0.3 is 14.8 Å². The molecule has 144 valence electrons. The van der Waals surface area contributed by atoms with Gasteiger partial charge in [-0.05, 0) is 87.7 Å². The first-order valence-electron chi connectivity index (χ1n) is 10.3. The highest BCUT2D eigenvalue weighted by Crippen LogP contribution is 2.61. The number of hydrogen-bond acceptors (Lipinski definition) is 3. The van der Waals surface area contributed by atoms with Gasteiger partial charge in [-0.15, -0.1) is 0 Å². The van der Waals surface area contributed by atoms with E-state index in [1.165, 1.54) is 38.5 Å². The van der Waals surface area contributed by atoms with Crippen molar-refractivity contribution in [3.63, 3.8) is 0 Å². The molecule has 0 aliphatic heterocycles. The summed E-state index contributed by atoms with van der Waals surface area (Å²) in [6, 6.07) is 3.71. The molecule has 4 bridgehead atoms. The fraction of sp³-hybridized carbons (Fsp3) is 0.636. The minimum atomic E-state index is -0.153. The number of hydrogen-bond donors (Lipinski definition) is 2. The molecule has 4 aliphatic carbocycles. The van der Waals surface area contributed by atoms with Crippen molar-refractivity contribution in [3.8, 4) is 0 Å². The van der Waals surface area contributed by atoms with Gasteiger partial charge in [0.1, 0.15) is 5.65 Å². The maximum atomic E-state index is 13.1. The van der Waals surface area contributed by atoms with Crippen molar-refractivity contribution in [2.45, 2.75) is 58.4 Å². The summed E-state index contributed by atoms with van der Waals surface area (Å²) in [6.45, 7) is 4.00. The molecule has 2 heterocycles. The Labute approximate surface area is 160 Å². The molecule has 6 rings (SSSR count). The van der Waals surface area contributed by atoms with Crippen molar-refractivity contribution in [2.24, 2.45) is 23.2 Å². The molecule has 0 spiro atoms. The summed E-state index contributed by atoms with van der Waals surface area (Å²) in [6.07, 6.45) is 9.48. The van der Waals surface area contributed by atoms with Gasteiger partial charge in [0.2, 0.25) is 0 Å². The van der Waals surface area contributed by atoms with E-state index in [4.69, 9.17) is 0 Å². The van der Waals surface area contributed by atoms with E-state index in [1.54, 1.807) is 0 Å². The molecule has 0 saturated heterocycles. The lowest BCUT2D eigenvalue weighted by molar-refractivity contribution is -0.0805. The molecule has 4 aliphatic rings. The van der Waals surface area contributed by atoms with Gasteiger partial charge >= 0.3 is 0 Å². The van der Waals surface area contributed by atoms with Crippen LogP contribution in [-0.4, -0.2) is 33.0 Å². The van der Waals surface area contributed by atoms with Crippen LogP contribution in [-0.2, 0) is 0 Å². The average Bonchev–Trinajstić information content (AvgIpc) is 3.02. The SMILES string of the molecule is Cc1cc(C)n2ccc(C(=O)NC(CO)C34CC5CC(CC(C5)C3)C4)c2n1. The van der Waals surface area contributed by atoms with E-state index >= 15 is 0 Å². The molecule has 2 N–H and O–H groups in total. The number of nitrogens with one attached hydrogen (secondary N) is 1. The van der Waals surface area contributed by atoms with E-state index < -0.39 is 0 Å². The number of aliphatic hydroxyl groups excluding tert-OH is 1. The topological polar surface area (TPSA) is 66.6 Å². The Balaban J connectivity index is 1.43. The maximum absolute atomic E-state index is 13.1. The summed E-state index contributed by atoms with van der Waals surface area (Å²) in [4.78, 5) is 17.7. The van der Waals surface area contributed by atoms with Gasteiger partial charge in [-0.1, -0.05) is 0 Å². The predicted octanol–water partition coefficient (Wildman–Crippen LogP) is 3.26. The second-order valence-electron chi connectivity index (χ2n) is 9.45. The van der Waals surface area contributed by atoms with Gasteiger partial charge in [0.25, 0.3) is 5.91 Å². The van der Waals surface area contributed by atoms with Crippen LogP contribution >= 0.6 is 0 Å². The van der Waals surface area contributed by atoms with E-state index in [1.807, 2.05) is 36.6 Å². The zero-order chi connectivity index (χ0) is 18.8. The molecule has 2 aromatic rings. The Kier molecular flexibility index (Phi) is 3.87. The van der Waals surface area contributed by atoms with E-state index in [2.05, 4.69) is 10.3 Å². The van der Waals surface area contributed by atoms with Crippen LogP contribution in [0, 0.1) is 37.0 Å². The highest BCUT2D eigenvalue weighted by molar-refractivity contribution is 6.00. The van der Waals surface area contributed by atoms with Crippen LogP contribution < -0.4 is 5.32 Å². The average molecular weight is 367 g/mol. The second-order valence-corrected chi connectivity index (χ2v) is 9.45. The summed E-state index contributed by atoms with van der Waals surface area (Å²) >= 11 is 0. The van der Waals surface area contributed by atoms with Crippen LogP contribution in [0.5, 0.6) is 0 Å². The summed E-state index contributed by atoms with van der Waals surface area (Å²) in [5.74, 6) is 2.28. The number of aromatic nitrogens is 2. The molecule has 5 heteroatoms. The molecule has 2 aromatic heterocycles. The third-order valence-corrected chi connectivity index (χ3v) is 7.50. The normalized spacial score (nSPS) is 32.8. The van der Waals surface area contributed by atoms with Gasteiger partial charge in [-0.3, -0.25) is 4.79 Å². The molecule has 1 amide bonds. The van der Waals surface area contributed by atoms with Gasteiger partial charge in [0.05, 0.1) is 18.2 Å². The quantitative estimate of drug-likeness (QED) is 0.872. The Hall–Kier alpha value is -1.88. The lowest BCUT2D eigenvalue weighted by atomic mass is 9.47. The van der Waals surface area contributed by atoms with Gasteiger partial charge in [0.15, 0.2) is 0 Å². The maximum Gasteiger partial charge on any atom is 0.255 e. The van der Waals surface area contributed by atoms with Crippen LogP contribution in [0.1, 0.15) is 60.3 Å². The van der Waals surface area contributed by atoms with Gasteiger partial charge in [0, 0.05) is 17.6 Å². The van der Waals surface area contributed by atoms with Gasteiger partial charge in [-0.2, -0.15) is 0 Å². The summed E-state index contributed by atoms with van der Waals surface area (Å²) in [7, 11) is 0. The lowest BCUT2D eigenvalue weighted by Crippen LogP contribution is -2.58. The first kappa shape index (κ1) is 17.2. The molecule has 27 heavy (non-hydrogen) atoms. The molecular formula is C22H29N3O2. The number of carbonyl (C=O) groups excluding carboxylic acids is 1. The monoisotopic (exact) mass is 367 g/mol. The first-order valence-corrected chi connectivity index (χ1v) is 10.3. The minimum Gasteiger partial charge on any atom is -0.394 e. The number of nitrogens with zero attached hydrogens (tertiary/aromatic N) is 2. The number of rotatable bonds is 4. The standard InChI is InChI=1S/C22H29N3O2/c1-13-5-14(2)25-4-3-18(20(25)23-13)21(27)24-19(12-26)22-9-15-6-16(10-22)8-17(7-15)11-22/h3-5,15-17,19,26H,6-12H2,1-2H3,(H,24,27). The largest absolute Gasteiger partial charge is 0.394 e. The van der Waals surface area contributed by atoms with E-state index in [-0.39, 0.29) is 24.0 Å². The van der Waals surface area contributed by atoms with Crippen molar-refractivity contribution in [1.82, 2.24) is 14.7 Å². The smallest absolute Gasteiger partial charge is 0.255 e. The third kappa shape index (κ3) is 2.70. The summed E-state index contributed by atoms with van der Waals surface area (Å²) in [5, 5.41) is 13.4. The van der Waals surface area contributed by atoms with Gasteiger partial charge in [-0.25, -0.2) is 4.98 Å². The third-order valence-electron chi connectivity index (χ3n) is 7.50. The molecule has 4 fully saturated rings. The first-order chi connectivity index (χ1) is 13.0. The van der Waals surface area contributed by atoms with Crippen LogP contribution in [0.2, 0.25) is 0 Å². The number of aliphatic hydroxyl groups is 1.